The number of aromatic nitrogens is 2. The molecule has 1 aromatic heterocycles. The maximum absolute atomic E-state index is 12.7. The second-order valence-electron chi connectivity index (χ2n) is 6.29. The van der Waals surface area contributed by atoms with E-state index in [-0.39, 0.29) is 10.8 Å². The lowest BCUT2D eigenvalue weighted by Crippen LogP contribution is -2.28. The maximum Gasteiger partial charge on any atom is 0.254 e. The summed E-state index contributed by atoms with van der Waals surface area (Å²) in [6, 6.07) is 6.20. The van der Waals surface area contributed by atoms with Gasteiger partial charge in [-0.1, -0.05) is 0 Å². The molecule has 1 aromatic carbocycles. The fraction of sp³-hybridized carbons (Fsp3) is 0.353. The molecule has 2 aliphatic rings. The Morgan fingerprint density at radius 2 is 1.76 bits per heavy atom. The summed E-state index contributed by atoms with van der Waals surface area (Å²) in [4.78, 5) is 22.7. The summed E-state index contributed by atoms with van der Waals surface area (Å²) in [6.07, 6.45) is 4.99. The Bertz CT molecular complexity index is 881. The molecule has 7 nitrogen and oxygen atoms in total. The molecule has 8 heteroatoms. The second-order valence-corrected chi connectivity index (χ2v) is 8.23. The summed E-state index contributed by atoms with van der Waals surface area (Å²) in [5.41, 5.74) is 2.28. The molecular formula is C17H18N4O3S. The van der Waals surface area contributed by atoms with Gasteiger partial charge in [0, 0.05) is 37.0 Å². The van der Waals surface area contributed by atoms with Crippen LogP contribution in [0, 0.1) is 0 Å². The van der Waals surface area contributed by atoms with Gasteiger partial charge < -0.3 is 4.90 Å². The summed E-state index contributed by atoms with van der Waals surface area (Å²) < 4.78 is 26.6. The number of nitrogens with zero attached hydrogens (tertiary/aromatic N) is 4. The maximum atomic E-state index is 12.7. The molecule has 4 rings (SSSR count). The number of benzene rings is 1. The molecule has 3 heterocycles. The summed E-state index contributed by atoms with van der Waals surface area (Å²) in [7, 11) is -3.45. The van der Waals surface area contributed by atoms with Crippen molar-refractivity contribution < 1.29 is 13.2 Å². The van der Waals surface area contributed by atoms with E-state index in [1.807, 2.05) is 0 Å². The van der Waals surface area contributed by atoms with Gasteiger partial charge in [0.2, 0.25) is 10.0 Å². The minimum absolute atomic E-state index is 0.136. The highest BCUT2D eigenvalue weighted by Gasteiger charge is 2.28. The molecule has 0 unspecified atom stereocenters. The average molecular weight is 358 g/mol. The molecule has 0 radical (unpaired) electrons. The summed E-state index contributed by atoms with van der Waals surface area (Å²) in [6.45, 7) is 2.06. The van der Waals surface area contributed by atoms with Gasteiger partial charge in [0.1, 0.15) is 6.33 Å². The Balaban J connectivity index is 1.52. The molecule has 25 heavy (non-hydrogen) atoms. The van der Waals surface area contributed by atoms with Gasteiger partial charge in [-0.25, -0.2) is 18.4 Å². The third-order valence-electron chi connectivity index (χ3n) is 4.67. The Hall–Kier alpha value is -2.32. The molecule has 0 aliphatic carbocycles. The van der Waals surface area contributed by atoms with Crippen LogP contribution in [0.5, 0.6) is 0 Å². The van der Waals surface area contributed by atoms with Crippen molar-refractivity contribution in [3.05, 3.63) is 53.6 Å². The normalized spacial score (nSPS) is 17.7. The van der Waals surface area contributed by atoms with Crippen molar-refractivity contribution >= 4 is 15.9 Å². The van der Waals surface area contributed by atoms with E-state index >= 15 is 0 Å². The zero-order valence-corrected chi connectivity index (χ0v) is 14.4. The fourth-order valence-corrected chi connectivity index (χ4v) is 4.79. The van der Waals surface area contributed by atoms with Gasteiger partial charge in [-0.15, -0.1) is 0 Å². The molecule has 0 atom stereocenters. The number of carbonyl (C=O) groups excluding carboxylic acids is 1. The molecule has 0 bridgehead atoms. The number of hydrogen-bond donors (Lipinski definition) is 0. The molecular weight excluding hydrogens is 340 g/mol. The highest BCUT2D eigenvalue weighted by atomic mass is 32.2. The predicted octanol–water partition coefficient (Wildman–Crippen LogP) is 1.42. The smallest absolute Gasteiger partial charge is 0.254 e. The van der Waals surface area contributed by atoms with Gasteiger partial charge in [-0.3, -0.25) is 4.79 Å². The highest BCUT2D eigenvalue weighted by molar-refractivity contribution is 7.89. The van der Waals surface area contributed by atoms with Crippen molar-refractivity contribution in [1.29, 1.82) is 0 Å². The molecule has 0 saturated carbocycles. The number of rotatable bonds is 3. The number of carbonyl (C=O) groups is 1. The monoisotopic (exact) mass is 358 g/mol. The number of sulfonamides is 1. The van der Waals surface area contributed by atoms with Crippen molar-refractivity contribution in [2.24, 2.45) is 0 Å². The number of hydrogen-bond acceptors (Lipinski definition) is 5. The average Bonchev–Trinajstić information content (AvgIpc) is 3.31. The third-order valence-corrected chi connectivity index (χ3v) is 6.59. The Labute approximate surface area is 146 Å². The zero-order valence-electron chi connectivity index (χ0n) is 13.6. The molecule has 0 spiro atoms. The molecule has 0 N–H and O–H groups in total. The van der Waals surface area contributed by atoms with Crippen LogP contribution >= 0.6 is 0 Å². The van der Waals surface area contributed by atoms with E-state index < -0.39 is 10.0 Å². The molecule has 1 saturated heterocycles. The quantitative estimate of drug-likeness (QED) is 0.828. The minimum atomic E-state index is -3.45. The Kier molecular flexibility index (Phi) is 4.01. The first kappa shape index (κ1) is 16.2. The van der Waals surface area contributed by atoms with Crippen molar-refractivity contribution in [3.8, 4) is 0 Å². The van der Waals surface area contributed by atoms with Crippen molar-refractivity contribution in [1.82, 2.24) is 19.2 Å². The van der Waals surface area contributed by atoms with Crippen LogP contribution in [0.15, 0.2) is 41.7 Å². The summed E-state index contributed by atoms with van der Waals surface area (Å²) in [5, 5.41) is 0. The topological polar surface area (TPSA) is 83.5 Å². The first-order valence-corrected chi connectivity index (χ1v) is 9.67. The van der Waals surface area contributed by atoms with Crippen LogP contribution in [0.3, 0.4) is 0 Å². The highest BCUT2D eigenvalue weighted by Crippen LogP contribution is 2.24. The Morgan fingerprint density at radius 3 is 2.44 bits per heavy atom. The van der Waals surface area contributed by atoms with E-state index in [1.165, 1.54) is 22.8 Å². The zero-order chi connectivity index (χ0) is 17.4. The second kappa shape index (κ2) is 6.20. The lowest BCUT2D eigenvalue weighted by atomic mass is 10.2. The van der Waals surface area contributed by atoms with Gasteiger partial charge in [0.05, 0.1) is 17.1 Å². The SMILES string of the molecule is O=C(c1ccc(S(=O)(=O)N2CCCC2)cc1)N1Cc2cncnc2C1. The molecule has 1 amide bonds. The lowest BCUT2D eigenvalue weighted by Gasteiger charge is -2.17. The fourth-order valence-electron chi connectivity index (χ4n) is 3.27. The standard InChI is InChI=1S/C17H18N4O3S/c22-17(20-10-14-9-18-12-19-16(14)11-20)13-3-5-15(6-4-13)25(23,24)21-7-1-2-8-21/h3-6,9,12H,1-2,7-8,10-11H2. The molecule has 2 aliphatic heterocycles. The van der Waals surface area contributed by atoms with Crippen LogP contribution in [0.2, 0.25) is 0 Å². The first-order chi connectivity index (χ1) is 12.1. The van der Waals surface area contributed by atoms with E-state index in [4.69, 9.17) is 0 Å². The van der Waals surface area contributed by atoms with Crippen LogP contribution in [-0.4, -0.2) is 46.6 Å². The minimum Gasteiger partial charge on any atom is -0.328 e. The molecule has 1 fully saturated rings. The van der Waals surface area contributed by atoms with Crippen LogP contribution in [0.4, 0.5) is 0 Å². The number of amides is 1. The van der Waals surface area contributed by atoms with Crippen molar-refractivity contribution in [2.45, 2.75) is 30.8 Å². The van der Waals surface area contributed by atoms with Gasteiger partial charge in [-0.2, -0.15) is 4.31 Å². The van der Waals surface area contributed by atoms with Crippen LogP contribution in [0.25, 0.3) is 0 Å². The van der Waals surface area contributed by atoms with E-state index in [2.05, 4.69) is 9.97 Å². The van der Waals surface area contributed by atoms with Crippen molar-refractivity contribution in [2.75, 3.05) is 13.1 Å². The van der Waals surface area contributed by atoms with Crippen LogP contribution in [-0.2, 0) is 23.1 Å². The van der Waals surface area contributed by atoms with Gasteiger partial charge in [0.15, 0.2) is 0 Å². The van der Waals surface area contributed by atoms with E-state index in [9.17, 15) is 13.2 Å². The van der Waals surface area contributed by atoms with Crippen LogP contribution in [0.1, 0.15) is 34.5 Å². The third kappa shape index (κ3) is 2.91. The predicted molar refractivity (Wildman–Crippen MR) is 90.0 cm³/mol. The summed E-state index contributed by atoms with van der Waals surface area (Å²) >= 11 is 0. The van der Waals surface area contributed by atoms with E-state index in [0.29, 0.717) is 31.7 Å². The van der Waals surface area contributed by atoms with E-state index in [1.54, 1.807) is 23.2 Å². The number of fused-ring (bicyclic) bond motifs is 1. The van der Waals surface area contributed by atoms with Gasteiger partial charge in [-0.05, 0) is 37.1 Å². The lowest BCUT2D eigenvalue weighted by molar-refractivity contribution is 0.0750. The van der Waals surface area contributed by atoms with Crippen LogP contribution < -0.4 is 0 Å². The van der Waals surface area contributed by atoms with E-state index in [0.717, 1.165) is 24.1 Å². The van der Waals surface area contributed by atoms with Gasteiger partial charge in [0.25, 0.3) is 5.91 Å². The largest absolute Gasteiger partial charge is 0.328 e. The van der Waals surface area contributed by atoms with Crippen molar-refractivity contribution in [3.63, 3.8) is 0 Å². The first-order valence-electron chi connectivity index (χ1n) is 8.23. The van der Waals surface area contributed by atoms with Gasteiger partial charge >= 0.3 is 0 Å². The molecule has 2 aromatic rings. The molecule has 130 valence electrons. The Morgan fingerprint density at radius 1 is 1.04 bits per heavy atom. The summed E-state index contributed by atoms with van der Waals surface area (Å²) in [5.74, 6) is -0.136.